The van der Waals surface area contributed by atoms with E-state index in [2.05, 4.69) is 40.5 Å². The minimum Gasteiger partial charge on any atom is -0.303 e. The van der Waals surface area contributed by atoms with Gasteiger partial charge in [-0.05, 0) is 38.0 Å². The van der Waals surface area contributed by atoms with E-state index in [9.17, 15) is 9.59 Å². The van der Waals surface area contributed by atoms with Crippen molar-refractivity contribution in [2.24, 2.45) is 17.8 Å². The molecule has 0 aromatic heterocycles. The maximum Gasteiger partial charge on any atom is 0.159 e. The van der Waals surface area contributed by atoms with Crippen LogP contribution in [0.5, 0.6) is 0 Å². The van der Waals surface area contributed by atoms with E-state index in [0.717, 1.165) is 36.7 Å². The first-order valence-electron chi connectivity index (χ1n) is 8.27. The van der Waals surface area contributed by atoms with Crippen LogP contribution in [0.3, 0.4) is 0 Å². The topological polar surface area (TPSA) is 34.1 Å². The van der Waals surface area contributed by atoms with Crippen molar-refractivity contribution in [3.8, 4) is 0 Å². The molecule has 0 N–H and O–H groups in total. The Morgan fingerprint density at radius 2 is 1.95 bits per heavy atom. The maximum atomic E-state index is 12.3. The van der Waals surface area contributed by atoms with E-state index in [1.165, 1.54) is 5.57 Å². The quantitative estimate of drug-likeness (QED) is 0.472. The zero-order valence-corrected chi connectivity index (χ0v) is 14.8. The number of rotatable bonds is 7. The van der Waals surface area contributed by atoms with E-state index < -0.39 is 0 Å². The molecule has 0 aromatic carbocycles. The van der Waals surface area contributed by atoms with Gasteiger partial charge in [-0.25, -0.2) is 0 Å². The average molecular weight is 304 g/mol. The van der Waals surface area contributed by atoms with Crippen molar-refractivity contribution in [3.63, 3.8) is 0 Å². The normalized spacial score (nSPS) is 22.4. The number of hydrogen-bond acceptors (Lipinski definition) is 2. The van der Waals surface area contributed by atoms with Crippen LogP contribution in [-0.2, 0) is 9.59 Å². The molecule has 22 heavy (non-hydrogen) atoms. The molecule has 3 atom stereocenters. The molecule has 0 aromatic rings. The van der Waals surface area contributed by atoms with Crippen molar-refractivity contribution in [2.75, 3.05) is 0 Å². The largest absolute Gasteiger partial charge is 0.303 e. The van der Waals surface area contributed by atoms with Crippen LogP contribution in [-0.4, -0.2) is 12.1 Å². The Kier molecular flexibility index (Phi) is 9.64. The van der Waals surface area contributed by atoms with Crippen molar-refractivity contribution >= 4 is 12.1 Å². The van der Waals surface area contributed by atoms with Gasteiger partial charge in [-0.15, -0.1) is 13.2 Å². The summed E-state index contributed by atoms with van der Waals surface area (Å²) in [4.78, 5) is 22.9. The SMILES string of the molecule is C=C.C=C(CC(C)CC=O)C1CCC(C)C(C)=C1C(=O)CC. The van der Waals surface area contributed by atoms with Gasteiger partial charge in [-0.3, -0.25) is 4.79 Å². The summed E-state index contributed by atoms with van der Waals surface area (Å²) < 4.78 is 0. The van der Waals surface area contributed by atoms with E-state index in [0.29, 0.717) is 24.7 Å². The third-order valence-electron chi connectivity index (χ3n) is 4.62. The van der Waals surface area contributed by atoms with Gasteiger partial charge < -0.3 is 4.79 Å². The molecule has 2 nitrogen and oxygen atoms in total. The molecule has 0 fully saturated rings. The minimum absolute atomic E-state index is 0.202. The van der Waals surface area contributed by atoms with Crippen LogP contribution in [0, 0.1) is 17.8 Å². The van der Waals surface area contributed by atoms with Gasteiger partial charge in [0.1, 0.15) is 6.29 Å². The third kappa shape index (κ3) is 5.40. The molecule has 2 heteroatoms. The Hall–Kier alpha value is -1.44. The molecule has 1 rings (SSSR count). The van der Waals surface area contributed by atoms with Crippen molar-refractivity contribution in [3.05, 3.63) is 36.5 Å². The number of carbonyl (C=O) groups is 2. The zero-order valence-electron chi connectivity index (χ0n) is 14.8. The van der Waals surface area contributed by atoms with Crippen LogP contribution < -0.4 is 0 Å². The number of ketones is 1. The summed E-state index contributed by atoms with van der Waals surface area (Å²) in [5.74, 6) is 1.28. The molecule has 0 saturated carbocycles. The Balaban J connectivity index is 0.00000211. The van der Waals surface area contributed by atoms with Crippen LogP contribution in [0.25, 0.3) is 0 Å². The van der Waals surface area contributed by atoms with Crippen LogP contribution in [0.1, 0.15) is 59.8 Å². The lowest BCUT2D eigenvalue weighted by atomic mass is 9.72. The van der Waals surface area contributed by atoms with Crippen molar-refractivity contribution in [2.45, 2.75) is 59.8 Å². The fourth-order valence-corrected chi connectivity index (χ4v) is 3.17. The molecule has 0 aliphatic heterocycles. The summed E-state index contributed by atoms with van der Waals surface area (Å²) in [6, 6.07) is 0. The van der Waals surface area contributed by atoms with Crippen molar-refractivity contribution < 1.29 is 9.59 Å². The summed E-state index contributed by atoms with van der Waals surface area (Å²) in [6.07, 6.45) is 5.09. The summed E-state index contributed by atoms with van der Waals surface area (Å²) in [5, 5.41) is 0. The predicted octanol–water partition coefficient (Wildman–Crippen LogP) is 5.30. The Labute approximate surface area is 136 Å². The van der Waals surface area contributed by atoms with E-state index >= 15 is 0 Å². The van der Waals surface area contributed by atoms with Gasteiger partial charge >= 0.3 is 0 Å². The summed E-state index contributed by atoms with van der Waals surface area (Å²) in [6.45, 7) is 18.5. The van der Waals surface area contributed by atoms with Crippen molar-refractivity contribution in [1.82, 2.24) is 0 Å². The number of hydrogen-bond donors (Lipinski definition) is 0. The number of Topliss-reactive ketones (excluding diaryl/α,β-unsaturated/α-hetero) is 1. The Morgan fingerprint density at radius 1 is 1.36 bits per heavy atom. The Morgan fingerprint density at radius 3 is 2.45 bits per heavy atom. The van der Waals surface area contributed by atoms with E-state index in [4.69, 9.17) is 0 Å². The molecule has 1 aliphatic rings. The smallest absolute Gasteiger partial charge is 0.159 e. The van der Waals surface area contributed by atoms with Crippen LogP contribution in [0.15, 0.2) is 36.5 Å². The summed E-state index contributed by atoms with van der Waals surface area (Å²) >= 11 is 0. The molecule has 0 amide bonds. The van der Waals surface area contributed by atoms with Gasteiger partial charge in [0.15, 0.2) is 5.78 Å². The zero-order chi connectivity index (χ0) is 17.3. The highest BCUT2D eigenvalue weighted by Gasteiger charge is 2.30. The molecule has 3 unspecified atom stereocenters. The summed E-state index contributed by atoms with van der Waals surface area (Å²) in [5.41, 5.74) is 3.38. The number of allylic oxidation sites excluding steroid dienone is 3. The standard InChI is InChI=1S/C18H28O2.C2H4/c1-6-17(20)18-15(5)13(3)7-8-16(18)14(4)11-12(2)9-10-19;1-2/h10,12-13,16H,4,6-9,11H2,1-3,5H3;1-2H2. The second-order valence-electron chi connectivity index (χ2n) is 6.27. The number of aldehydes is 1. The van der Waals surface area contributed by atoms with Crippen molar-refractivity contribution in [1.29, 1.82) is 0 Å². The van der Waals surface area contributed by atoms with Gasteiger partial charge in [0.25, 0.3) is 0 Å². The molecule has 0 heterocycles. The maximum absolute atomic E-state index is 12.3. The van der Waals surface area contributed by atoms with Crippen LogP contribution in [0.4, 0.5) is 0 Å². The van der Waals surface area contributed by atoms with E-state index in [-0.39, 0.29) is 11.7 Å². The molecule has 0 radical (unpaired) electrons. The third-order valence-corrected chi connectivity index (χ3v) is 4.62. The van der Waals surface area contributed by atoms with E-state index in [1.807, 2.05) is 6.92 Å². The molecule has 0 bridgehead atoms. The molecule has 0 saturated heterocycles. The lowest BCUT2D eigenvalue weighted by Gasteiger charge is -2.32. The first kappa shape index (κ1) is 20.6. The first-order valence-corrected chi connectivity index (χ1v) is 8.27. The Bertz CT molecular complexity index is 431. The highest BCUT2D eigenvalue weighted by molar-refractivity contribution is 5.97. The predicted molar refractivity (Wildman–Crippen MR) is 94.7 cm³/mol. The van der Waals surface area contributed by atoms with Gasteiger partial charge in [0, 0.05) is 24.3 Å². The fourth-order valence-electron chi connectivity index (χ4n) is 3.17. The lowest BCUT2D eigenvalue weighted by molar-refractivity contribution is -0.116. The average Bonchev–Trinajstić information content (AvgIpc) is 2.51. The van der Waals surface area contributed by atoms with Crippen LogP contribution >= 0.6 is 0 Å². The van der Waals surface area contributed by atoms with Gasteiger partial charge in [-0.1, -0.05) is 38.5 Å². The monoisotopic (exact) mass is 304 g/mol. The highest BCUT2D eigenvalue weighted by atomic mass is 16.1. The highest BCUT2D eigenvalue weighted by Crippen LogP contribution is 2.40. The minimum atomic E-state index is 0.202. The van der Waals surface area contributed by atoms with Gasteiger partial charge in [-0.2, -0.15) is 0 Å². The number of carbonyl (C=O) groups excluding carboxylic acids is 2. The first-order chi connectivity index (χ1) is 10.4. The lowest BCUT2D eigenvalue weighted by Crippen LogP contribution is -2.24. The molecule has 0 spiro atoms. The molecule has 124 valence electrons. The summed E-state index contributed by atoms with van der Waals surface area (Å²) in [7, 11) is 0. The second kappa shape index (κ2) is 10.3. The molecule has 1 aliphatic carbocycles. The molecular formula is C20H32O2. The van der Waals surface area contributed by atoms with Crippen LogP contribution in [0.2, 0.25) is 0 Å². The van der Waals surface area contributed by atoms with Gasteiger partial charge in [0.05, 0.1) is 0 Å². The molecular weight excluding hydrogens is 272 g/mol. The van der Waals surface area contributed by atoms with E-state index in [1.54, 1.807) is 0 Å². The van der Waals surface area contributed by atoms with Gasteiger partial charge in [0.2, 0.25) is 0 Å². The fraction of sp³-hybridized carbons (Fsp3) is 0.600. The second-order valence-corrected chi connectivity index (χ2v) is 6.27.